The molecule has 1 aromatic carbocycles. The van der Waals surface area contributed by atoms with Crippen LogP contribution in [0.2, 0.25) is 0 Å². The molecule has 19 heavy (non-hydrogen) atoms. The van der Waals surface area contributed by atoms with Crippen LogP contribution in [0.3, 0.4) is 0 Å². The Labute approximate surface area is 117 Å². The van der Waals surface area contributed by atoms with E-state index in [-0.39, 0.29) is 0 Å². The molecule has 1 unspecified atom stereocenters. The SMILES string of the molecule is COc1ccc(CNC(C)C2CCCCC2)cc1C. The van der Waals surface area contributed by atoms with Crippen LogP contribution in [0, 0.1) is 12.8 Å². The highest BCUT2D eigenvalue weighted by molar-refractivity contribution is 5.36. The second-order valence-electron chi connectivity index (χ2n) is 5.87. The topological polar surface area (TPSA) is 21.3 Å². The van der Waals surface area contributed by atoms with Crippen molar-refractivity contribution in [2.24, 2.45) is 5.92 Å². The Balaban J connectivity index is 1.85. The molecule has 2 heteroatoms. The Morgan fingerprint density at radius 1 is 1.26 bits per heavy atom. The van der Waals surface area contributed by atoms with Crippen molar-refractivity contribution in [2.75, 3.05) is 7.11 Å². The molecule has 0 bridgehead atoms. The first-order valence-corrected chi connectivity index (χ1v) is 7.57. The van der Waals surface area contributed by atoms with Crippen molar-refractivity contribution in [3.8, 4) is 5.75 Å². The Morgan fingerprint density at radius 2 is 2.00 bits per heavy atom. The molecule has 1 fully saturated rings. The maximum Gasteiger partial charge on any atom is 0.121 e. The quantitative estimate of drug-likeness (QED) is 0.863. The Hall–Kier alpha value is -1.02. The largest absolute Gasteiger partial charge is 0.496 e. The van der Waals surface area contributed by atoms with Crippen molar-refractivity contribution in [1.82, 2.24) is 5.32 Å². The molecule has 2 nitrogen and oxygen atoms in total. The molecule has 1 atom stereocenters. The maximum atomic E-state index is 5.30. The molecule has 0 spiro atoms. The van der Waals surface area contributed by atoms with Gasteiger partial charge in [-0.3, -0.25) is 0 Å². The molecule has 0 aromatic heterocycles. The second kappa shape index (κ2) is 6.95. The lowest BCUT2D eigenvalue weighted by Gasteiger charge is -2.28. The molecular formula is C17H27NO. The normalized spacial score (nSPS) is 18.3. The number of rotatable bonds is 5. The summed E-state index contributed by atoms with van der Waals surface area (Å²) in [5.74, 6) is 1.84. The minimum Gasteiger partial charge on any atom is -0.496 e. The molecule has 1 aliphatic rings. The molecule has 1 aromatic rings. The van der Waals surface area contributed by atoms with E-state index < -0.39 is 0 Å². The molecule has 1 aliphatic carbocycles. The van der Waals surface area contributed by atoms with Crippen molar-refractivity contribution in [3.05, 3.63) is 29.3 Å². The highest BCUT2D eigenvalue weighted by atomic mass is 16.5. The van der Waals surface area contributed by atoms with E-state index in [2.05, 4.69) is 37.4 Å². The van der Waals surface area contributed by atoms with Crippen LogP contribution in [0.4, 0.5) is 0 Å². The van der Waals surface area contributed by atoms with Gasteiger partial charge in [-0.25, -0.2) is 0 Å². The van der Waals surface area contributed by atoms with Crippen LogP contribution < -0.4 is 10.1 Å². The Morgan fingerprint density at radius 3 is 2.63 bits per heavy atom. The van der Waals surface area contributed by atoms with E-state index in [9.17, 15) is 0 Å². The van der Waals surface area contributed by atoms with Crippen molar-refractivity contribution in [3.63, 3.8) is 0 Å². The van der Waals surface area contributed by atoms with Gasteiger partial charge in [-0.05, 0) is 49.8 Å². The van der Waals surface area contributed by atoms with E-state index in [1.807, 2.05) is 0 Å². The predicted molar refractivity (Wildman–Crippen MR) is 80.6 cm³/mol. The number of hydrogen-bond donors (Lipinski definition) is 1. The van der Waals surface area contributed by atoms with Gasteiger partial charge in [-0.15, -0.1) is 0 Å². The summed E-state index contributed by atoms with van der Waals surface area (Å²) in [6.07, 6.45) is 7.06. The van der Waals surface area contributed by atoms with E-state index >= 15 is 0 Å². The second-order valence-corrected chi connectivity index (χ2v) is 5.87. The van der Waals surface area contributed by atoms with Gasteiger partial charge >= 0.3 is 0 Å². The van der Waals surface area contributed by atoms with Crippen LogP contribution in [0.25, 0.3) is 0 Å². The van der Waals surface area contributed by atoms with Gasteiger partial charge in [0, 0.05) is 12.6 Å². The molecule has 0 heterocycles. The lowest BCUT2D eigenvalue weighted by Crippen LogP contribution is -2.34. The monoisotopic (exact) mass is 261 g/mol. The first kappa shape index (κ1) is 14.4. The van der Waals surface area contributed by atoms with Crippen molar-refractivity contribution >= 4 is 0 Å². The molecule has 0 saturated heterocycles. The summed E-state index contributed by atoms with van der Waals surface area (Å²) in [6.45, 7) is 5.40. The minimum absolute atomic E-state index is 0.628. The molecule has 0 radical (unpaired) electrons. The van der Waals surface area contributed by atoms with Gasteiger partial charge < -0.3 is 10.1 Å². The number of hydrogen-bond acceptors (Lipinski definition) is 2. The molecule has 1 saturated carbocycles. The molecule has 0 amide bonds. The van der Waals surface area contributed by atoms with Gasteiger partial charge in [0.2, 0.25) is 0 Å². The summed E-state index contributed by atoms with van der Waals surface area (Å²) < 4.78 is 5.30. The van der Waals surface area contributed by atoms with Gasteiger partial charge in [0.05, 0.1) is 7.11 Å². The average molecular weight is 261 g/mol. The summed E-state index contributed by atoms with van der Waals surface area (Å²) in [4.78, 5) is 0. The third-order valence-corrected chi connectivity index (χ3v) is 4.44. The zero-order valence-corrected chi connectivity index (χ0v) is 12.5. The van der Waals surface area contributed by atoms with E-state index in [0.29, 0.717) is 6.04 Å². The maximum absolute atomic E-state index is 5.30. The zero-order chi connectivity index (χ0) is 13.7. The first-order chi connectivity index (χ1) is 9.20. The summed E-state index contributed by atoms with van der Waals surface area (Å²) >= 11 is 0. The lowest BCUT2D eigenvalue weighted by atomic mass is 9.84. The Bertz CT molecular complexity index is 396. The average Bonchev–Trinajstić information content (AvgIpc) is 2.46. The lowest BCUT2D eigenvalue weighted by molar-refractivity contribution is 0.280. The van der Waals surface area contributed by atoms with Crippen molar-refractivity contribution in [2.45, 2.75) is 58.5 Å². The van der Waals surface area contributed by atoms with Gasteiger partial charge in [-0.1, -0.05) is 31.4 Å². The molecule has 106 valence electrons. The van der Waals surface area contributed by atoms with Crippen LogP contribution in [-0.4, -0.2) is 13.2 Å². The summed E-state index contributed by atoms with van der Waals surface area (Å²) in [6, 6.07) is 7.08. The van der Waals surface area contributed by atoms with E-state index in [4.69, 9.17) is 4.74 Å². The van der Waals surface area contributed by atoms with Crippen LogP contribution in [0.1, 0.15) is 50.2 Å². The molecule has 1 N–H and O–H groups in total. The van der Waals surface area contributed by atoms with Crippen LogP contribution in [0.15, 0.2) is 18.2 Å². The third kappa shape index (κ3) is 3.97. The number of methoxy groups -OCH3 is 1. The van der Waals surface area contributed by atoms with E-state index in [1.54, 1.807) is 7.11 Å². The molecule has 2 rings (SSSR count). The predicted octanol–water partition coefficient (Wildman–Crippen LogP) is 4.06. The van der Waals surface area contributed by atoms with Gasteiger partial charge in [0.15, 0.2) is 0 Å². The van der Waals surface area contributed by atoms with Crippen molar-refractivity contribution < 1.29 is 4.74 Å². The number of ether oxygens (including phenoxy) is 1. The van der Waals surface area contributed by atoms with Crippen LogP contribution in [0.5, 0.6) is 5.75 Å². The standard InChI is InChI=1S/C17H27NO/c1-13-11-15(9-10-17(13)19-3)12-18-14(2)16-7-5-4-6-8-16/h9-11,14,16,18H,4-8,12H2,1-3H3. The fourth-order valence-corrected chi connectivity index (χ4v) is 3.13. The van der Waals surface area contributed by atoms with Gasteiger partial charge in [-0.2, -0.15) is 0 Å². The number of benzene rings is 1. The molecular weight excluding hydrogens is 234 g/mol. The first-order valence-electron chi connectivity index (χ1n) is 7.57. The molecule has 0 aliphatic heterocycles. The van der Waals surface area contributed by atoms with E-state index in [1.165, 1.54) is 43.2 Å². The fourth-order valence-electron chi connectivity index (χ4n) is 3.13. The number of nitrogens with one attached hydrogen (secondary N) is 1. The summed E-state index contributed by atoms with van der Waals surface area (Å²) in [7, 11) is 1.73. The van der Waals surface area contributed by atoms with Gasteiger partial charge in [0.1, 0.15) is 5.75 Å². The van der Waals surface area contributed by atoms with Crippen molar-refractivity contribution in [1.29, 1.82) is 0 Å². The Kier molecular flexibility index (Phi) is 5.26. The van der Waals surface area contributed by atoms with E-state index in [0.717, 1.165) is 18.2 Å². The highest BCUT2D eigenvalue weighted by Crippen LogP contribution is 2.26. The number of aryl methyl sites for hydroxylation is 1. The zero-order valence-electron chi connectivity index (χ0n) is 12.5. The summed E-state index contributed by atoms with van der Waals surface area (Å²) in [5.41, 5.74) is 2.56. The third-order valence-electron chi connectivity index (χ3n) is 4.44. The van der Waals surface area contributed by atoms with Gasteiger partial charge in [0.25, 0.3) is 0 Å². The smallest absolute Gasteiger partial charge is 0.121 e. The van der Waals surface area contributed by atoms with Crippen LogP contribution in [-0.2, 0) is 6.54 Å². The summed E-state index contributed by atoms with van der Waals surface area (Å²) in [5, 5.41) is 3.69. The highest BCUT2D eigenvalue weighted by Gasteiger charge is 2.19. The van der Waals surface area contributed by atoms with Crippen LogP contribution >= 0.6 is 0 Å². The minimum atomic E-state index is 0.628. The fraction of sp³-hybridized carbons (Fsp3) is 0.647.